The van der Waals surface area contributed by atoms with Crippen LogP contribution in [0.5, 0.6) is 0 Å². The molecule has 13 heavy (non-hydrogen) atoms. The lowest BCUT2D eigenvalue weighted by Crippen LogP contribution is -2.19. The molecule has 0 bridgehead atoms. The van der Waals surface area contributed by atoms with Crippen molar-refractivity contribution >= 4 is 62.1 Å². The van der Waals surface area contributed by atoms with Gasteiger partial charge in [-0.2, -0.15) is 0 Å². The maximum atomic E-state index is 5.89. The third-order valence-corrected chi connectivity index (χ3v) is 2.50. The van der Waals surface area contributed by atoms with Gasteiger partial charge in [0.1, 0.15) is 0 Å². The summed E-state index contributed by atoms with van der Waals surface area (Å²) < 4.78 is 0.720. The summed E-state index contributed by atoms with van der Waals surface area (Å²) in [5, 5.41) is 3.91. The molecule has 6 heteroatoms. The third-order valence-electron chi connectivity index (χ3n) is 1.26. The number of hydrogen-bond donors (Lipinski definition) is 2. The number of benzene rings is 1. The quantitative estimate of drug-likeness (QED) is 0.781. The summed E-state index contributed by atoms with van der Waals surface area (Å²) in [4.78, 5) is 0. The van der Waals surface area contributed by atoms with E-state index in [1.807, 2.05) is 0 Å². The lowest BCUT2D eigenvalue weighted by Gasteiger charge is -2.08. The van der Waals surface area contributed by atoms with Gasteiger partial charge in [0.2, 0.25) is 0 Å². The van der Waals surface area contributed by atoms with E-state index in [1.54, 1.807) is 12.1 Å². The Morgan fingerprint density at radius 3 is 2.54 bits per heavy atom. The van der Waals surface area contributed by atoms with Gasteiger partial charge in [0.05, 0.1) is 10.7 Å². The summed E-state index contributed by atoms with van der Waals surface area (Å²) in [6.07, 6.45) is 0. The van der Waals surface area contributed by atoms with E-state index < -0.39 is 0 Å². The molecule has 0 atom stereocenters. The second kappa shape index (κ2) is 4.46. The van der Waals surface area contributed by atoms with Crippen molar-refractivity contribution in [1.82, 2.24) is 0 Å². The monoisotopic (exact) mass is 298 g/mol. The zero-order chi connectivity index (χ0) is 10.0. The van der Waals surface area contributed by atoms with Crippen molar-refractivity contribution in [2.24, 2.45) is 5.73 Å². The minimum atomic E-state index is 0.157. The van der Waals surface area contributed by atoms with Crippen LogP contribution in [0.3, 0.4) is 0 Å². The number of nitrogens with two attached hydrogens (primary N) is 1. The highest BCUT2D eigenvalue weighted by Crippen LogP contribution is 2.33. The van der Waals surface area contributed by atoms with Crippen LogP contribution < -0.4 is 11.1 Å². The molecule has 0 aliphatic heterocycles. The van der Waals surface area contributed by atoms with Gasteiger partial charge in [0, 0.05) is 9.50 Å². The van der Waals surface area contributed by atoms with E-state index in [0.29, 0.717) is 15.7 Å². The molecular weight excluding hydrogens is 295 g/mol. The van der Waals surface area contributed by atoms with E-state index in [2.05, 4.69) is 33.5 Å². The first-order chi connectivity index (χ1) is 6.00. The lowest BCUT2D eigenvalue weighted by molar-refractivity contribution is 1.57. The first-order valence-corrected chi connectivity index (χ1v) is 5.17. The van der Waals surface area contributed by atoms with Crippen molar-refractivity contribution in [3.63, 3.8) is 0 Å². The average molecular weight is 300 g/mol. The first kappa shape index (κ1) is 11.0. The first-order valence-electron chi connectivity index (χ1n) is 3.21. The summed E-state index contributed by atoms with van der Waals surface area (Å²) in [6, 6.07) is 3.31. The molecule has 2 nitrogen and oxygen atoms in total. The molecule has 0 aliphatic carbocycles. The molecule has 0 fully saturated rings. The Kier molecular flexibility index (Phi) is 3.79. The fourth-order valence-corrected chi connectivity index (χ4v) is 2.23. The number of rotatable bonds is 1. The summed E-state index contributed by atoms with van der Waals surface area (Å²) in [6.45, 7) is 0. The molecule has 0 saturated heterocycles. The van der Waals surface area contributed by atoms with Crippen LogP contribution in [0.4, 0.5) is 5.69 Å². The molecule has 0 heterocycles. The van der Waals surface area contributed by atoms with Gasteiger partial charge < -0.3 is 11.1 Å². The molecule has 1 rings (SSSR count). The molecule has 70 valence electrons. The summed E-state index contributed by atoms with van der Waals surface area (Å²) in [5.74, 6) is 0. The van der Waals surface area contributed by atoms with E-state index in [4.69, 9.17) is 28.9 Å². The molecule has 1 aromatic carbocycles. The fraction of sp³-hybridized carbons (Fsp3) is 0. The Bertz CT molecular complexity index is 333. The lowest BCUT2D eigenvalue weighted by atomic mass is 10.3. The molecule has 1 aromatic rings. The van der Waals surface area contributed by atoms with E-state index in [-0.39, 0.29) is 5.11 Å². The Morgan fingerprint density at radius 2 is 2.08 bits per heavy atom. The van der Waals surface area contributed by atoms with Gasteiger partial charge in [0.15, 0.2) is 5.11 Å². The van der Waals surface area contributed by atoms with Crippen molar-refractivity contribution in [2.75, 3.05) is 5.32 Å². The summed E-state index contributed by atoms with van der Waals surface area (Å²) >= 11 is 19.6. The van der Waals surface area contributed by atoms with E-state index in [0.717, 1.165) is 4.47 Å². The number of halogens is 3. The Morgan fingerprint density at radius 1 is 1.46 bits per heavy atom. The van der Waals surface area contributed by atoms with Crippen LogP contribution in [-0.2, 0) is 0 Å². The smallest absolute Gasteiger partial charge is 0.168 e. The van der Waals surface area contributed by atoms with Gasteiger partial charge in [-0.15, -0.1) is 0 Å². The predicted molar refractivity (Wildman–Crippen MR) is 64.6 cm³/mol. The third kappa shape index (κ3) is 2.98. The summed E-state index contributed by atoms with van der Waals surface area (Å²) in [5.41, 5.74) is 5.93. The average Bonchev–Trinajstić information content (AvgIpc) is 1.96. The number of nitrogens with one attached hydrogen (secondary N) is 1. The highest BCUT2D eigenvalue weighted by molar-refractivity contribution is 9.10. The molecule has 0 saturated carbocycles. The van der Waals surface area contributed by atoms with Crippen molar-refractivity contribution in [3.05, 3.63) is 26.7 Å². The molecule has 0 spiro atoms. The Hall–Kier alpha value is -0.0300. The van der Waals surface area contributed by atoms with Crippen LogP contribution >= 0.6 is 51.3 Å². The summed E-state index contributed by atoms with van der Waals surface area (Å²) in [7, 11) is 0. The van der Waals surface area contributed by atoms with Crippen LogP contribution in [0.15, 0.2) is 16.6 Å². The second-order valence-electron chi connectivity index (χ2n) is 2.23. The molecule has 0 aromatic heterocycles. The highest BCUT2D eigenvalue weighted by atomic mass is 79.9. The number of thiocarbonyl (C=S) groups is 1. The standard InChI is InChI=1S/C7H5BrCl2N2S/c8-4-1-3(9)2-5(10)6(4)12-7(11)13/h1-2H,(H3,11,12,13). The van der Waals surface area contributed by atoms with Crippen LogP contribution in [0.1, 0.15) is 0 Å². The van der Waals surface area contributed by atoms with Crippen LogP contribution in [-0.4, -0.2) is 5.11 Å². The number of anilines is 1. The minimum absolute atomic E-state index is 0.157. The van der Waals surface area contributed by atoms with Gasteiger partial charge in [-0.25, -0.2) is 0 Å². The fourth-order valence-electron chi connectivity index (χ4n) is 0.785. The topological polar surface area (TPSA) is 38.0 Å². The zero-order valence-electron chi connectivity index (χ0n) is 6.27. The van der Waals surface area contributed by atoms with Crippen molar-refractivity contribution in [1.29, 1.82) is 0 Å². The highest BCUT2D eigenvalue weighted by Gasteiger charge is 2.07. The molecule has 0 aliphatic rings. The molecule has 0 unspecified atom stereocenters. The van der Waals surface area contributed by atoms with Gasteiger partial charge in [-0.1, -0.05) is 23.2 Å². The van der Waals surface area contributed by atoms with Gasteiger partial charge in [-0.05, 0) is 40.3 Å². The van der Waals surface area contributed by atoms with Gasteiger partial charge >= 0.3 is 0 Å². The van der Waals surface area contributed by atoms with Crippen LogP contribution in [0.2, 0.25) is 10.0 Å². The van der Waals surface area contributed by atoms with Crippen LogP contribution in [0.25, 0.3) is 0 Å². The maximum absolute atomic E-state index is 5.89. The van der Waals surface area contributed by atoms with E-state index in [1.165, 1.54) is 0 Å². The van der Waals surface area contributed by atoms with E-state index >= 15 is 0 Å². The van der Waals surface area contributed by atoms with Gasteiger partial charge in [0.25, 0.3) is 0 Å². The molecule has 0 amide bonds. The largest absolute Gasteiger partial charge is 0.376 e. The Labute approximate surface area is 99.5 Å². The predicted octanol–water partition coefficient (Wildman–Crippen LogP) is 3.41. The SMILES string of the molecule is NC(=S)Nc1c(Cl)cc(Cl)cc1Br. The van der Waals surface area contributed by atoms with Crippen molar-refractivity contribution < 1.29 is 0 Å². The maximum Gasteiger partial charge on any atom is 0.168 e. The molecule has 0 radical (unpaired) electrons. The minimum Gasteiger partial charge on any atom is -0.376 e. The van der Waals surface area contributed by atoms with Gasteiger partial charge in [-0.3, -0.25) is 0 Å². The molecule has 3 N–H and O–H groups in total. The molecular formula is C7H5BrCl2N2S. The normalized spacial score (nSPS) is 9.77. The van der Waals surface area contributed by atoms with Crippen molar-refractivity contribution in [3.8, 4) is 0 Å². The van der Waals surface area contributed by atoms with Crippen molar-refractivity contribution in [2.45, 2.75) is 0 Å². The Balaban J connectivity index is 3.13. The second-order valence-corrected chi connectivity index (χ2v) is 4.37. The van der Waals surface area contributed by atoms with Crippen LogP contribution in [0, 0.1) is 0 Å². The number of hydrogen-bond acceptors (Lipinski definition) is 1. The zero-order valence-corrected chi connectivity index (χ0v) is 10.2. The van der Waals surface area contributed by atoms with E-state index in [9.17, 15) is 0 Å².